The summed E-state index contributed by atoms with van der Waals surface area (Å²) in [7, 11) is 1.63. The highest BCUT2D eigenvalue weighted by atomic mass is 16.5. The molecule has 0 aromatic carbocycles. The fourth-order valence-corrected chi connectivity index (χ4v) is 1.40. The van der Waals surface area contributed by atoms with Crippen LogP contribution in [0.3, 0.4) is 0 Å². The predicted molar refractivity (Wildman–Crippen MR) is 56.8 cm³/mol. The molecule has 0 aliphatic heterocycles. The summed E-state index contributed by atoms with van der Waals surface area (Å²) in [5.74, 6) is 0.664. The summed E-state index contributed by atoms with van der Waals surface area (Å²) in [5, 5.41) is 6.83. The van der Waals surface area contributed by atoms with E-state index in [1.54, 1.807) is 13.3 Å². The van der Waals surface area contributed by atoms with Gasteiger partial charge in [0.1, 0.15) is 0 Å². The van der Waals surface area contributed by atoms with Gasteiger partial charge in [0.05, 0.1) is 7.11 Å². The normalized spacial score (nSPS) is 10.2. The average molecular weight is 203 g/mol. The molecule has 4 heteroatoms. The maximum atomic E-state index is 5.06. The number of aromatic nitrogens is 3. The first-order valence-corrected chi connectivity index (χ1v) is 4.86. The Labute approximate surface area is 88.3 Å². The number of ether oxygens (including phenoxy) is 1. The van der Waals surface area contributed by atoms with E-state index in [2.05, 4.69) is 15.2 Å². The molecule has 0 aliphatic carbocycles. The molecule has 0 amide bonds. The third-order valence-electron chi connectivity index (χ3n) is 2.20. The van der Waals surface area contributed by atoms with E-state index in [1.165, 1.54) is 0 Å². The zero-order chi connectivity index (χ0) is 10.5. The number of pyridine rings is 1. The molecular weight excluding hydrogens is 190 g/mol. The minimum absolute atomic E-state index is 0.664. The Kier molecular flexibility index (Phi) is 2.97. The molecule has 0 bridgehead atoms. The number of H-pyrrole nitrogens is 1. The Morgan fingerprint density at radius 2 is 2.20 bits per heavy atom. The lowest BCUT2D eigenvalue weighted by molar-refractivity contribution is 0.396. The van der Waals surface area contributed by atoms with Crippen molar-refractivity contribution in [3.05, 3.63) is 41.9 Å². The standard InChI is InChI=1S/C11H13N3O/c1-15-11-4-2-3-9(13-11)5-6-10-7-8-12-14-10/h2-4,7-8H,5-6H2,1H3,(H,12,14). The number of nitrogens with zero attached hydrogens (tertiary/aromatic N) is 2. The van der Waals surface area contributed by atoms with Gasteiger partial charge in [0.25, 0.3) is 0 Å². The number of hydrogen-bond acceptors (Lipinski definition) is 3. The second-order valence-electron chi connectivity index (χ2n) is 3.25. The summed E-state index contributed by atoms with van der Waals surface area (Å²) in [6.45, 7) is 0. The Hall–Kier alpha value is -1.84. The number of aromatic amines is 1. The van der Waals surface area contributed by atoms with Crippen LogP contribution in [0.5, 0.6) is 5.88 Å². The van der Waals surface area contributed by atoms with Crippen molar-refractivity contribution < 1.29 is 4.74 Å². The van der Waals surface area contributed by atoms with E-state index in [0.29, 0.717) is 5.88 Å². The second-order valence-corrected chi connectivity index (χ2v) is 3.25. The summed E-state index contributed by atoms with van der Waals surface area (Å²) >= 11 is 0. The van der Waals surface area contributed by atoms with Crippen LogP contribution in [0.25, 0.3) is 0 Å². The molecule has 4 nitrogen and oxygen atoms in total. The molecule has 2 aromatic heterocycles. The molecule has 0 fully saturated rings. The molecule has 2 aromatic rings. The van der Waals surface area contributed by atoms with E-state index >= 15 is 0 Å². The van der Waals surface area contributed by atoms with Gasteiger partial charge in [-0.25, -0.2) is 4.98 Å². The zero-order valence-corrected chi connectivity index (χ0v) is 8.60. The lowest BCUT2D eigenvalue weighted by Crippen LogP contribution is -1.96. The summed E-state index contributed by atoms with van der Waals surface area (Å²) < 4.78 is 5.06. The molecule has 0 saturated carbocycles. The van der Waals surface area contributed by atoms with E-state index in [0.717, 1.165) is 24.2 Å². The van der Waals surface area contributed by atoms with E-state index in [9.17, 15) is 0 Å². The van der Waals surface area contributed by atoms with Crippen molar-refractivity contribution in [1.82, 2.24) is 15.2 Å². The van der Waals surface area contributed by atoms with Gasteiger partial charge in [0, 0.05) is 23.7 Å². The Bertz CT molecular complexity index is 412. The molecule has 0 spiro atoms. The van der Waals surface area contributed by atoms with Gasteiger partial charge in [-0.15, -0.1) is 0 Å². The lowest BCUT2D eigenvalue weighted by Gasteiger charge is -2.02. The molecule has 0 saturated heterocycles. The minimum Gasteiger partial charge on any atom is -0.481 e. The van der Waals surface area contributed by atoms with Gasteiger partial charge in [-0.1, -0.05) is 6.07 Å². The van der Waals surface area contributed by atoms with Gasteiger partial charge in [-0.3, -0.25) is 5.10 Å². The van der Waals surface area contributed by atoms with Gasteiger partial charge in [0.2, 0.25) is 5.88 Å². The highest BCUT2D eigenvalue weighted by molar-refractivity contribution is 5.16. The largest absolute Gasteiger partial charge is 0.481 e. The summed E-state index contributed by atoms with van der Waals surface area (Å²) in [6, 6.07) is 7.77. The van der Waals surface area contributed by atoms with Gasteiger partial charge in [0.15, 0.2) is 0 Å². The first kappa shape index (κ1) is 9.71. The fourth-order valence-electron chi connectivity index (χ4n) is 1.40. The first-order chi connectivity index (χ1) is 7.38. The molecule has 1 N–H and O–H groups in total. The Balaban J connectivity index is 1.98. The number of aryl methyl sites for hydroxylation is 2. The molecule has 15 heavy (non-hydrogen) atoms. The van der Waals surface area contributed by atoms with Crippen molar-refractivity contribution in [1.29, 1.82) is 0 Å². The topological polar surface area (TPSA) is 50.8 Å². The van der Waals surface area contributed by atoms with E-state index in [-0.39, 0.29) is 0 Å². The minimum atomic E-state index is 0.664. The van der Waals surface area contributed by atoms with Gasteiger partial charge >= 0.3 is 0 Å². The van der Waals surface area contributed by atoms with Crippen LogP contribution in [0.4, 0.5) is 0 Å². The predicted octanol–water partition coefficient (Wildman–Crippen LogP) is 1.60. The van der Waals surface area contributed by atoms with Gasteiger partial charge in [-0.2, -0.15) is 5.10 Å². The van der Waals surface area contributed by atoms with Crippen LogP contribution >= 0.6 is 0 Å². The summed E-state index contributed by atoms with van der Waals surface area (Å²) in [6.07, 6.45) is 3.56. The second kappa shape index (κ2) is 4.59. The number of rotatable bonds is 4. The van der Waals surface area contributed by atoms with Crippen molar-refractivity contribution >= 4 is 0 Å². The molecule has 0 radical (unpaired) electrons. The van der Waals surface area contributed by atoms with Crippen molar-refractivity contribution in [2.45, 2.75) is 12.8 Å². The molecular formula is C11H13N3O. The van der Waals surface area contributed by atoms with Crippen LogP contribution < -0.4 is 4.74 Å². The number of methoxy groups -OCH3 is 1. The van der Waals surface area contributed by atoms with Gasteiger partial charge < -0.3 is 4.74 Å². The van der Waals surface area contributed by atoms with Crippen LogP contribution in [0.2, 0.25) is 0 Å². The lowest BCUT2D eigenvalue weighted by atomic mass is 10.2. The van der Waals surface area contributed by atoms with Crippen LogP contribution in [0.15, 0.2) is 30.5 Å². The average Bonchev–Trinajstić information content (AvgIpc) is 2.79. The van der Waals surface area contributed by atoms with E-state index < -0.39 is 0 Å². The third-order valence-corrected chi connectivity index (χ3v) is 2.20. The Morgan fingerprint density at radius 3 is 2.93 bits per heavy atom. The van der Waals surface area contributed by atoms with Crippen molar-refractivity contribution in [2.75, 3.05) is 7.11 Å². The van der Waals surface area contributed by atoms with Crippen LogP contribution in [0.1, 0.15) is 11.4 Å². The zero-order valence-electron chi connectivity index (χ0n) is 8.60. The monoisotopic (exact) mass is 203 g/mol. The highest BCUT2D eigenvalue weighted by Crippen LogP contribution is 2.08. The summed E-state index contributed by atoms with van der Waals surface area (Å²) in [5.41, 5.74) is 2.16. The number of nitrogens with one attached hydrogen (secondary N) is 1. The SMILES string of the molecule is COc1cccc(CCc2ccn[nH]2)n1. The van der Waals surface area contributed by atoms with E-state index in [1.807, 2.05) is 24.3 Å². The molecule has 0 aliphatic rings. The smallest absolute Gasteiger partial charge is 0.213 e. The van der Waals surface area contributed by atoms with Crippen LogP contribution in [-0.2, 0) is 12.8 Å². The maximum Gasteiger partial charge on any atom is 0.213 e. The van der Waals surface area contributed by atoms with Crippen LogP contribution in [0, 0.1) is 0 Å². The van der Waals surface area contributed by atoms with Gasteiger partial charge in [-0.05, 0) is 25.0 Å². The molecule has 2 rings (SSSR count). The quantitative estimate of drug-likeness (QED) is 0.821. The Morgan fingerprint density at radius 1 is 1.27 bits per heavy atom. The third kappa shape index (κ3) is 2.56. The maximum absolute atomic E-state index is 5.06. The highest BCUT2D eigenvalue weighted by Gasteiger charge is 1.99. The van der Waals surface area contributed by atoms with Crippen molar-refractivity contribution in [2.24, 2.45) is 0 Å². The first-order valence-electron chi connectivity index (χ1n) is 4.86. The van der Waals surface area contributed by atoms with E-state index in [4.69, 9.17) is 4.74 Å². The molecule has 0 unspecified atom stereocenters. The fraction of sp³-hybridized carbons (Fsp3) is 0.273. The van der Waals surface area contributed by atoms with Crippen LogP contribution in [-0.4, -0.2) is 22.3 Å². The molecule has 2 heterocycles. The molecule has 0 atom stereocenters. The summed E-state index contributed by atoms with van der Waals surface area (Å²) in [4.78, 5) is 4.33. The van der Waals surface area contributed by atoms with Crippen molar-refractivity contribution in [3.63, 3.8) is 0 Å². The number of hydrogen-bond donors (Lipinski definition) is 1. The van der Waals surface area contributed by atoms with Crippen molar-refractivity contribution in [3.8, 4) is 5.88 Å². The molecule has 78 valence electrons.